The lowest BCUT2D eigenvalue weighted by Crippen LogP contribution is -2.58. The lowest BCUT2D eigenvalue weighted by molar-refractivity contribution is -0.152. The van der Waals surface area contributed by atoms with Crippen molar-refractivity contribution in [2.45, 2.75) is 24.9 Å². The SMILES string of the molecule is COC(=O)C1CC2(C1)NCCn1cccc12. The number of carbonyl (C=O) groups excluding carboxylic acids is 1. The van der Waals surface area contributed by atoms with Crippen LogP contribution in [0.4, 0.5) is 0 Å². The topological polar surface area (TPSA) is 43.3 Å². The summed E-state index contributed by atoms with van der Waals surface area (Å²) >= 11 is 0. The summed E-state index contributed by atoms with van der Waals surface area (Å²) in [6.07, 6.45) is 3.84. The number of fused-ring (bicyclic) bond motifs is 2. The van der Waals surface area contributed by atoms with E-state index in [9.17, 15) is 4.79 Å². The van der Waals surface area contributed by atoms with Gasteiger partial charge in [0.25, 0.3) is 0 Å². The van der Waals surface area contributed by atoms with Crippen molar-refractivity contribution < 1.29 is 9.53 Å². The largest absolute Gasteiger partial charge is 0.469 e. The molecule has 0 unspecified atom stereocenters. The van der Waals surface area contributed by atoms with Crippen molar-refractivity contribution in [2.75, 3.05) is 13.7 Å². The smallest absolute Gasteiger partial charge is 0.308 e. The van der Waals surface area contributed by atoms with Crippen molar-refractivity contribution in [3.05, 3.63) is 24.0 Å². The molecule has 0 bridgehead atoms. The van der Waals surface area contributed by atoms with Gasteiger partial charge in [0, 0.05) is 25.0 Å². The van der Waals surface area contributed by atoms with Crippen LogP contribution in [0.25, 0.3) is 0 Å². The minimum atomic E-state index is -0.0731. The Balaban J connectivity index is 1.82. The molecule has 16 heavy (non-hydrogen) atoms. The van der Waals surface area contributed by atoms with Crippen molar-refractivity contribution in [3.8, 4) is 0 Å². The predicted octanol–water partition coefficient (Wildman–Crippen LogP) is 0.870. The summed E-state index contributed by atoms with van der Waals surface area (Å²) in [5.74, 6) is -0.00458. The summed E-state index contributed by atoms with van der Waals surface area (Å²) < 4.78 is 7.07. The van der Waals surface area contributed by atoms with Crippen LogP contribution in [-0.4, -0.2) is 24.2 Å². The number of nitrogens with zero attached hydrogens (tertiary/aromatic N) is 1. The molecule has 1 spiro atoms. The van der Waals surface area contributed by atoms with Crippen LogP contribution in [0.3, 0.4) is 0 Å². The van der Waals surface area contributed by atoms with E-state index in [1.807, 2.05) is 0 Å². The summed E-state index contributed by atoms with van der Waals surface area (Å²) in [5, 5.41) is 3.55. The highest BCUT2D eigenvalue weighted by atomic mass is 16.5. The second-order valence-corrected chi connectivity index (χ2v) is 4.72. The first-order chi connectivity index (χ1) is 7.75. The summed E-state index contributed by atoms with van der Waals surface area (Å²) in [6, 6.07) is 4.23. The molecule has 3 rings (SSSR count). The van der Waals surface area contributed by atoms with E-state index in [0.717, 1.165) is 25.9 Å². The third-order valence-electron chi connectivity index (χ3n) is 3.86. The fourth-order valence-electron chi connectivity index (χ4n) is 3.02. The van der Waals surface area contributed by atoms with E-state index in [1.165, 1.54) is 12.8 Å². The number of hydrogen-bond acceptors (Lipinski definition) is 3. The first-order valence-corrected chi connectivity index (χ1v) is 5.74. The zero-order chi connectivity index (χ0) is 11.2. The van der Waals surface area contributed by atoms with E-state index in [-0.39, 0.29) is 17.4 Å². The summed E-state index contributed by atoms with van der Waals surface area (Å²) in [5.41, 5.74) is 1.35. The number of rotatable bonds is 1. The number of esters is 1. The molecule has 0 radical (unpaired) electrons. The number of ether oxygens (including phenoxy) is 1. The molecule has 2 aliphatic rings. The Labute approximate surface area is 94.6 Å². The minimum absolute atomic E-state index is 0.0284. The van der Waals surface area contributed by atoms with Crippen LogP contribution in [0.5, 0.6) is 0 Å². The van der Waals surface area contributed by atoms with Gasteiger partial charge in [0.15, 0.2) is 0 Å². The van der Waals surface area contributed by atoms with Gasteiger partial charge >= 0.3 is 5.97 Å². The summed E-state index contributed by atoms with van der Waals surface area (Å²) in [6.45, 7) is 2.00. The second-order valence-electron chi connectivity index (χ2n) is 4.72. The number of carbonyl (C=O) groups is 1. The Morgan fingerprint density at radius 3 is 3.19 bits per heavy atom. The number of nitrogens with one attached hydrogen (secondary N) is 1. The molecule has 2 heterocycles. The van der Waals surface area contributed by atoms with E-state index in [2.05, 4.69) is 28.2 Å². The Hall–Kier alpha value is -1.29. The van der Waals surface area contributed by atoms with E-state index in [1.54, 1.807) is 0 Å². The zero-order valence-electron chi connectivity index (χ0n) is 9.40. The molecule has 86 valence electrons. The molecule has 0 aromatic carbocycles. The van der Waals surface area contributed by atoms with Crippen molar-refractivity contribution in [1.29, 1.82) is 0 Å². The van der Waals surface area contributed by atoms with Crippen LogP contribution in [0.1, 0.15) is 18.5 Å². The van der Waals surface area contributed by atoms with Gasteiger partial charge in [-0.05, 0) is 25.0 Å². The maximum atomic E-state index is 11.4. The van der Waals surface area contributed by atoms with Crippen molar-refractivity contribution in [1.82, 2.24) is 9.88 Å². The molecule has 1 aliphatic heterocycles. The minimum Gasteiger partial charge on any atom is -0.469 e. The molecule has 1 fully saturated rings. The van der Waals surface area contributed by atoms with E-state index in [4.69, 9.17) is 4.74 Å². The predicted molar refractivity (Wildman–Crippen MR) is 58.9 cm³/mol. The van der Waals surface area contributed by atoms with Gasteiger partial charge in [-0.15, -0.1) is 0 Å². The molecular weight excluding hydrogens is 204 g/mol. The Bertz CT molecular complexity index is 418. The van der Waals surface area contributed by atoms with Crippen LogP contribution in [0.15, 0.2) is 18.3 Å². The number of methoxy groups -OCH3 is 1. The van der Waals surface area contributed by atoms with E-state index < -0.39 is 0 Å². The van der Waals surface area contributed by atoms with Crippen LogP contribution in [-0.2, 0) is 21.6 Å². The fraction of sp³-hybridized carbons (Fsp3) is 0.583. The highest BCUT2D eigenvalue weighted by Gasteiger charge is 2.51. The maximum Gasteiger partial charge on any atom is 0.308 e. The fourth-order valence-corrected chi connectivity index (χ4v) is 3.02. The van der Waals surface area contributed by atoms with Gasteiger partial charge < -0.3 is 14.6 Å². The quantitative estimate of drug-likeness (QED) is 0.714. The molecule has 4 nitrogen and oxygen atoms in total. The molecule has 1 aromatic rings. The lowest BCUT2D eigenvalue weighted by Gasteiger charge is -2.49. The summed E-state index contributed by atoms with van der Waals surface area (Å²) in [7, 11) is 1.46. The summed E-state index contributed by atoms with van der Waals surface area (Å²) in [4.78, 5) is 11.4. The average Bonchev–Trinajstić information content (AvgIpc) is 2.72. The molecule has 0 atom stereocenters. The third kappa shape index (κ3) is 1.23. The Morgan fingerprint density at radius 2 is 2.44 bits per heavy atom. The standard InChI is InChI=1S/C12H16N2O2/c1-16-11(15)9-7-12(8-9)10-3-2-5-14(10)6-4-13-12/h2-3,5,9,13H,4,6-8H2,1H3. The molecule has 4 heteroatoms. The van der Waals surface area contributed by atoms with E-state index >= 15 is 0 Å². The highest BCUT2D eigenvalue weighted by molar-refractivity contribution is 5.74. The Kier molecular flexibility index (Phi) is 2.07. The van der Waals surface area contributed by atoms with Gasteiger partial charge in [0.2, 0.25) is 0 Å². The average molecular weight is 220 g/mol. The maximum absolute atomic E-state index is 11.4. The van der Waals surface area contributed by atoms with Crippen LogP contribution < -0.4 is 5.32 Å². The van der Waals surface area contributed by atoms with Gasteiger partial charge in [0.05, 0.1) is 18.6 Å². The van der Waals surface area contributed by atoms with Crippen LogP contribution in [0, 0.1) is 5.92 Å². The van der Waals surface area contributed by atoms with Gasteiger partial charge in [-0.3, -0.25) is 4.79 Å². The monoisotopic (exact) mass is 220 g/mol. The molecule has 1 N–H and O–H groups in total. The van der Waals surface area contributed by atoms with Crippen LogP contribution >= 0.6 is 0 Å². The van der Waals surface area contributed by atoms with Crippen molar-refractivity contribution in [2.24, 2.45) is 5.92 Å². The molecule has 1 aliphatic carbocycles. The van der Waals surface area contributed by atoms with Crippen molar-refractivity contribution in [3.63, 3.8) is 0 Å². The Morgan fingerprint density at radius 1 is 1.62 bits per heavy atom. The van der Waals surface area contributed by atoms with Gasteiger partial charge in [0.1, 0.15) is 0 Å². The molecular formula is C12H16N2O2. The van der Waals surface area contributed by atoms with Crippen molar-refractivity contribution >= 4 is 5.97 Å². The third-order valence-corrected chi connectivity index (χ3v) is 3.86. The molecule has 0 amide bonds. The van der Waals surface area contributed by atoms with Crippen LogP contribution in [0.2, 0.25) is 0 Å². The number of aromatic nitrogens is 1. The molecule has 1 saturated carbocycles. The molecule has 0 saturated heterocycles. The number of hydrogen-bond donors (Lipinski definition) is 1. The van der Waals surface area contributed by atoms with Gasteiger partial charge in [-0.2, -0.15) is 0 Å². The van der Waals surface area contributed by atoms with Gasteiger partial charge in [-0.1, -0.05) is 0 Å². The highest BCUT2D eigenvalue weighted by Crippen LogP contribution is 2.47. The van der Waals surface area contributed by atoms with E-state index in [0.29, 0.717) is 0 Å². The molecule has 1 aromatic heterocycles. The van der Waals surface area contributed by atoms with Gasteiger partial charge in [-0.25, -0.2) is 0 Å². The zero-order valence-corrected chi connectivity index (χ0v) is 9.40. The first kappa shape index (κ1) is 9.90. The second kappa shape index (κ2) is 3.35. The lowest BCUT2D eigenvalue weighted by atomic mass is 9.66. The first-order valence-electron chi connectivity index (χ1n) is 5.74. The normalized spacial score (nSPS) is 31.9.